The van der Waals surface area contributed by atoms with Gasteiger partial charge in [-0.05, 0) is 48.9 Å². The summed E-state index contributed by atoms with van der Waals surface area (Å²) in [5.74, 6) is 2.28. The minimum absolute atomic E-state index is 0.0391. The minimum atomic E-state index is -0.628. The number of halogens is 1. The summed E-state index contributed by atoms with van der Waals surface area (Å²) in [6.07, 6.45) is 0. The van der Waals surface area contributed by atoms with Crippen LogP contribution in [-0.2, 0) is 0 Å². The molecular formula is C19H16FN3O2S2. The average Bonchev–Trinajstić information content (AvgIpc) is 3.33. The van der Waals surface area contributed by atoms with Gasteiger partial charge in [0, 0.05) is 11.5 Å². The van der Waals surface area contributed by atoms with Crippen LogP contribution in [0.4, 0.5) is 4.39 Å². The first-order valence-electron chi connectivity index (χ1n) is 8.35. The lowest BCUT2D eigenvalue weighted by molar-refractivity contribution is 0.0722. The maximum Gasteiger partial charge on any atom is 0.383 e. The molecule has 2 aromatic carbocycles. The molecule has 8 heteroatoms. The third kappa shape index (κ3) is 4.01. The summed E-state index contributed by atoms with van der Waals surface area (Å²) < 4.78 is 20.4. The predicted molar refractivity (Wildman–Crippen MR) is 105 cm³/mol. The van der Waals surface area contributed by atoms with Crippen LogP contribution in [0.3, 0.4) is 0 Å². The van der Waals surface area contributed by atoms with Gasteiger partial charge in [0.15, 0.2) is 0 Å². The molecule has 5 nitrogen and oxygen atoms in total. The number of hydrogen-bond acceptors (Lipinski definition) is 6. The molecule has 0 unspecified atom stereocenters. The summed E-state index contributed by atoms with van der Waals surface area (Å²) in [6.45, 7) is 1.72. The van der Waals surface area contributed by atoms with E-state index in [9.17, 15) is 9.18 Å². The summed E-state index contributed by atoms with van der Waals surface area (Å²) in [5, 5.41) is 4.19. The number of carbonyl (C=O) groups excluding carboxylic acids is 1. The SMILES string of the molecule is Cc1nc(C(=O)Oc2ccc(C3SCCS3)cc2)nn1-c1ccc(F)cc1. The Kier molecular flexibility index (Phi) is 5.18. The first-order valence-corrected chi connectivity index (χ1v) is 10.4. The third-order valence-corrected chi connectivity index (χ3v) is 7.11. The van der Waals surface area contributed by atoms with Crippen molar-refractivity contribution in [1.82, 2.24) is 14.8 Å². The molecule has 0 amide bonds. The normalized spacial score (nSPS) is 14.4. The zero-order chi connectivity index (χ0) is 18.8. The van der Waals surface area contributed by atoms with Gasteiger partial charge < -0.3 is 4.74 Å². The molecule has 0 N–H and O–H groups in total. The van der Waals surface area contributed by atoms with Gasteiger partial charge in [0.1, 0.15) is 17.4 Å². The van der Waals surface area contributed by atoms with E-state index in [-0.39, 0.29) is 11.6 Å². The van der Waals surface area contributed by atoms with Crippen molar-refractivity contribution in [2.45, 2.75) is 11.5 Å². The number of aryl methyl sites for hydroxylation is 1. The van der Waals surface area contributed by atoms with E-state index in [0.717, 1.165) is 11.5 Å². The number of nitrogens with zero attached hydrogens (tertiary/aromatic N) is 3. The summed E-state index contributed by atoms with van der Waals surface area (Å²) in [7, 11) is 0. The van der Waals surface area contributed by atoms with Gasteiger partial charge in [-0.3, -0.25) is 0 Å². The van der Waals surface area contributed by atoms with Crippen molar-refractivity contribution in [1.29, 1.82) is 0 Å². The summed E-state index contributed by atoms with van der Waals surface area (Å²) in [6, 6.07) is 13.3. The second-order valence-electron chi connectivity index (χ2n) is 5.90. The van der Waals surface area contributed by atoms with Crippen LogP contribution in [0.25, 0.3) is 5.69 Å². The fraction of sp³-hybridized carbons (Fsp3) is 0.211. The molecule has 138 valence electrons. The Labute approximate surface area is 164 Å². The maximum atomic E-state index is 13.1. The number of carbonyl (C=O) groups is 1. The zero-order valence-electron chi connectivity index (χ0n) is 14.5. The molecule has 1 aliphatic heterocycles. The highest BCUT2D eigenvalue weighted by Gasteiger charge is 2.20. The fourth-order valence-electron chi connectivity index (χ4n) is 2.70. The lowest BCUT2D eigenvalue weighted by atomic mass is 10.2. The Morgan fingerprint density at radius 3 is 2.44 bits per heavy atom. The van der Waals surface area contributed by atoms with Gasteiger partial charge in [0.2, 0.25) is 0 Å². The standard InChI is InChI=1S/C19H16FN3O2S2/c1-12-21-17(22-23(12)15-6-4-14(20)5-7-15)18(24)25-16-8-2-13(3-9-16)19-26-10-11-27-19/h2-9,19H,10-11H2,1H3. The Bertz CT molecular complexity index is 952. The summed E-state index contributed by atoms with van der Waals surface area (Å²) in [4.78, 5) is 16.5. The van der Waals surface area contributed by atoms with Crippen LogP contribution in [0.1, 0.15) is 26.6 Å². The van der Waals surface area contributed by atoms with Gasteiger partial charge in [-0.2, -0.15) is 0 Å². The lowest BCUT2D eigenvalue weighted by Crippen LogP contribution is -2.11. The van der Waals surface area contributed by atoms with Crippen molar-refractivity contribution < 1.29 is 13.9 Å². The highest BCUT2D eigenvalue weighted by molar-refractivity contribution is 8.19. The Morgan fingerprint density at radius 1 is 1.11 bits per heavy atom. The van der Waals surface area contributed by atoms with Gasteiger partial charge in [0.05, 0.1) is 10.3 Å². The molecule has 0 aliphatic carbocycles. The summed E-state index contributed by atoms with van der Waals surface area (Å²) in [5.41, 5.74) is 1.84. The molecule has 1 aliphatic rings. The van der Waals surface area contributed by atoms with E-state index in [2.05, 4.69) is 10.1 Å². The molecule has 1 aromatic heterocycles. The molecule has 2 heterocycles. The molecule has 0 saturated carbocycles. The number of ether oxygens (including phenoxy) is 1. The van der Waals surface area contributed by atoms with Crippen molar-refractivity contribution in [3.05, 3.63) is 71.6 Å². The third-order valence-electron chi connectivity index (χ3n) is 4.01. The fourth-order valence-corrected chi connectivity index (χ4v) is 5.56. The van der Waals surface area contributed by atoms with E-state index in [4.69, 9.17) is 4.74 Å². The van der Waals surface area contributed by atoms with Gasteiger partial charge in [-0.15, -0.1) is 28.6 Å². The van der Waals surface area contributed by atoms with Crippen LogP contribution >= 0.6 is 23.5 Å². The molecule has 0 bridgehead atoms. The van der Waals surface area contributed by atoms with Crippen LogP contribution in [0, 0.1) is 12.7 Å². The Morgan fingerprint density at radius 2 is 1.78 bits per heavy atom. The number of benzene rings is 2. The molecule has 3 aromatic rings. The molecule has 0 atom stereocenters. The van der Waals surface area contributed by atoms with Crippen molar-refractivity contribution in [2.75, 3.05) is 11.5 Å². The van der Waals surface area contributed by atoms with Crippen LogP contribution < -0.4 is 4.74 Å². The Hall–Kier alpha value is -2.32. The number of aromatic nitrogens is 3. The smallest absolute Gasteiger partial charge is 0.383 e. The van der Waals surface area contributed by atoms with E-state index >= 15 is 0 Å². The molecule has 0 radical (unpaired) electrons. The molecule has 0 spiro atoms. The average molecular weight is 401 g/mol. The van der Waals surface area contributed by atoms with E-state index in [1.807, 2.05) is 35.7 Å². The van der Waals surface area contributed by atoms with E-state index in [1.54, 1.807) is 31.2 Å². The number of hydrogen-bond donors (Lipinski definition) is 0. The molecule has 1 saturated heterocycles. The van der Waals surface area contributed by atoms with Gasteiger partial charge >= 0.3 is 5.97 Å². The minimum Gasteiger partial charge on any atom is -0.421 e. The first-order chi connectivity index (χ1) is 13.1. The molecule has 1 fully saturated rings. The van der Waals surface area contributed by atoms with Gasteiger partial charge in [0.25, 0.3) is 5.82 Å². The van der Waals surface area contributed by atoms with Gasteiger partial charge in [-0.1, -0.05) is 12.1 Å². The van der Waals surface area contributed by atoms with E-state index in [0.29, 0.717) is 21.8 Å². The summed E-state index contributed by atoms with van der Waals surface area (Å²) >= 11 is 3.85. The van der Waals surface area contributed by atoms with Crippen LogP contribution in [0.15, 0.2) is 48.5 Å². The van der Waals surface area contributed by atoms with Gasteiger partial charge in [-0.25, -0.2) is 18.9 Å². The van der Waals surface area contributed by atoms with Crippen molar-refractivity contribution >= 4 is 29.5 Å². The van der Waals surface area contributed by atoms with Crippen LogP contribution in [0.5, 0.6) is 5.75 Å². The van der Waals surface area contributed by atoms with Crippen LogP contribution in [-0.4, -0.2) is 32.2 Å². The van der Waals surface area contributed by atoms with Crippen molar-refractivity contribution in [3.8, 4) is 11.4 Å². The van der Waals surface area contributed by atoms with E-state index < -0.39 is 5.97 Å². The topological polar surface area (TPSA) is 57.0 Å². The quantitative estimate of drug-likeness (QED) is 0.477. The highest BCUT2D eigenvalue weighted by Crippen LogP contribution is 2.45. The number of rotatable bonds is 4. The monoisotopic (exact) mass is 401 g/mol. The largest absolute Gasteiger partial charge is 0.421 e. The van der Waals surface area contributed by atoms with Crippen molar-refractivity contribution in [3.63, 3.8) is 0 Å². The molecular weight excluding hydrogens is 385 g/mol. The van der Waals surface area contributed by atoms with Crippen molar-refractivity contribution in [2.24, 2.45) is 0 Å². The Balaban J connectivity index is 1.48. The maximum absolute atomic E-state index is 13.1. The second kappa shape index (κ2) is 7.74. The first kappa shape index (κ1) is 18.1. The second-order valence-corrected chi connectivity index (χ2v) is 8.63. The predicted octanol–water partition coefficient (Wildman–Crippen LogP) is 4.41. The molecule has 4 rings (SSSR count). The number of thioether (sulfide) groups is 2. The van der Waals surface area contributed by atoms with Crippen LogP contribution in [0.2, 0.25) is 0 Å². The lowest BCUT2D eigenvalue weighted by Gasteiger charge is -2.09. The zero-order valence-corrected chi connectivity index (χ0v) is 16.1. The number of esters is 1. The van der Waals surface area contributed by atoms with E-state index in [1.165, 1.54) is 22.4 Å². The highest BCUT2D eigenvalue weighted by atomic mass is 32.2. The molecule has 27 heavy (non-hydrogen) atoms.